The maximum absolute atomic E-state index is 5.93. The summed E-state index contributed by atoms with van der Waals surface area (Å²) in [6.07, 6.45) is 0. The summed E-state index contributed by atoms with van der Waals surface area (Å²) in [6, 6.07) is 12.6. The molecule has 0 aromatic heterocycles. The van der Waals surface area contributed by atoms with Gasteiger partial charge in [0, 0.05) is 0 Å². The largest absolute Gasteiger partial charge is 0.453 e. The summed E-state index contributed by atoms with van der Waals surface area (Å²) in [7, 11) is 0. The quantitative estimate of drug-likeness (QED) is 0.647. The van der Waals surface area contributed by atoms with Crippen LogP contribution in [0.25, 0.3) is 0 Å². The number of rotatable bonds is 1. The number of anilines is 2. The molecular formula is C16H17NO. The van der Waals surface area contributed by atoms with Gasteiger partial charge in [-0.1, -0.05) is 26.0 Å². The van der Waals surface area contributed by atoms with Crippen LogP contribution < -0.4 is 10.1 Å². The number of benzene rings is 2. The first kappa shape index (κ1) is 11.1. The topological polar surface area (TPSA) is 21.3 Å². The minimum absolute atomic E-state index is 0.525. The predicted octanol–water partition coefficient (Wildman–Crippen LogP) is 4.97. The summed E-state index contributed by atoms with van der Waals surface area (Å²) < 4.78 is 5.93. The second-order valence-corrected chi connectivity index (χ2v) is 5.14. The molecule has 3 rings (SSSR count). The minimum atomic E-state index is 0.525. The standard InChI is InChI=1S/C16H17NO/c1-10(2)12-5-7-15-14(9-12)17-13-6-4-11(3)8-16(13)18-15/h4-10,17H,1-3H3. The second kappa shape index (κ2) is 4.05. The van der Waals surface area contributed by atoms with E-state index in [2.05, 4.69) is 56.4 Å². The van der Waals surface area contributed by atoms with Crippen molar-refractivity contribution in [2.45, 2.75) is 26.7 Å². The van der Waals surface area contributed by atoms with Gasteiger partial charge >= 0.3 is 0 Å². The third-order valence-electron chi connectivity index (χ3n) is 3.30. The van der Waals surface area contributed by atoms with Gasteiger partial charge in [-0.05, 0) is 48.2 Å². The molecule has 92 valence electrons. The number of fused-ring (bicyclic) bond motifs is 2. The van der Waals surface area contributed by atoms with Crippen molar-refractivity contribution in [3.63, 3.8) is 0 Å². The molecule has 0 amide bonds. The molecule has 1 aliphatic heterocycles. The van der Waals surface area contributed by atoms with E-state index in [0.717, 1.165) is 22.9 Å². The van der Waals surface area contributed by atoms with Crippen LogP contribution in [-0.4, -0.2) is 0 Å². The molecular weight excluding hydrogens is 222 g/mol. The van der Waals surface area contributed by atoms with E-state index in [0.29, 0.717) is 5.92 Å². The first-order valence-electron chi connectivity index (χ1n) is 6.33. The van der Waals surface area contributed by atoms with Crippen LogP contribution in [0.3, 0.4) is 0 Å². The zero-order valence-electron chi connectivity index (χ0n) is 10.9. The van der Waals surface area contributed by atoms with Crippen molar-refractivity contribution < 1.29 is 4.74 Å². The number of hydrogen-bond donors (Lipinski definition) is 1. The van der Waals surface area contributed by atoms with Crippen LogP contribution >= 0.6 is 0 Å². The lowest BCUT2D eigenvalue weighted by atomic mass is 10.0. The fraction of sp³-hybridized carbons (Fsp3) is 0.250. The van der Waals surface area contributed by atoms with Gasteiger partial charge in [0.05, 0.1) is 11.4 Å². The zero-order chi connectivity index (χ0) is 12.7. The van der Waals surface area contributed by atoms with E-state index >= 15 is 0 Å². The lowest BCUT2D eigenvalue weighted by Crippen LogP contribution is -2.04. The van der Waals surface area contributed by atoms with Gasteiger partial charge in [0.25, 0.3) is 0 Å². The maximum atomic E-state index is 5.93. The molecule has 18 heavy (non-hydrogen) atoms. The Balaban J connectivity index is 2.02. The number of nitrogens with one attached hydrogen (secondary N) is 1. The van der Waals surface area contributed by atoms with E-state index in [4.69, 9.17) is 4.74 Å². The van der Waals surface area contributed by atoms with Crippen molar-refractivity contribution in [1.29, 1.82) is 0 Å². The Morgan fingerprint density at radius 3 is 2.56 bits per heavy atom. The van der Waals surface area contributed by atoms with Gasteiger partial charge in [0.1, 0.15) is 0 Å². The second-order valence-electron chi connectivity index (χ2n) is 5.14. The van der Waals surface area contributed by atoms with Crippen molar-refractivity contribution in [2.75, 3.05) is 5.32 Å². The van der Waals surface area contributed by atoms with E-state index in [1.165, 1.54) is 11.1 Å². The number of hydrogen-bond acceptors (Lipinski definition) is 2. The Morgan fingerprint density at radius 2 is 1.78 bits per heavy atom. The smallest absolute Gasteiger partial charge is 0.151 e. The molecule has 0 bridgehead atoms. The van der Waals surface area contributed by atoms with Crippen molar-refractivity contribution in [3.8, 4) is 11.5 Å². The van der Waals surface area contributed by atoms with E-state index in [9.17, 15) is 0 Å². The Kier molecular flexibility index (Phi) is 2.51. The monoisotopic (exact) mass is 239 g/mol. The highest BCUT2D eigenvalue weighted by Crippen LogP contribution is 2.43. The Hall–Kier alpha value is -1.96. The average Bonchev–Trinajstić information content (AvgIpc) is 2.35. The summed E-state index contributed by atoms with van der Waals surface area (Å²) >= 11 is 0. The van der Waals surface area contributed by atoms with Crippen LogP contribution in [0.1, 0.15) is 30.9 Å². The highest BCUT2D eigenvalue weighted by Gasteiger charge is 2.17. The summed E-state index contributed by atoms with van der Waals surface area (Å²) in [5.41, 5.74) is 4.62. The van der Waals surface area contributed by atoms with Crippen molar-refractivity contribution >= 4 is 11.4 Å². The molecule has 2 aromatic rings. The molecule has 2 nitrogen and oxygen atoms in total. The highest BCUT2D eigenvalue weighted by molar-refractivity contribution is 5.76. The maximum Gasteiger partial charge on any atom is 0.151 e. The Labute approximate surface area is 108 Å². The van der Waals surface area contributed by atoms with Gasteiger partial charge in [-0.2, -0.15) is 0 Å². The normalized spacial score (nSPS) is 12.4. The van der Waals surface area contributed by atoms with Crippen LogP contribution in [0, 0.1) is 6.92 Å². The minimum Gasteiger partial charge on any atom is -0.453 e. The lowest BCUT2D eigenvalue weighted by molar-refractivity contribution is 0.480. The van der Waals surface area contributed by atoms with E-state index < -0.39 is 0 Å². The molecule has 0 unspecified atom stereocenters. The summed E-state index contributed by atoms with van der Waals surface area (Å²) in [5, 5.41) is 3.44. The Morgan fingerprint density at radius 1 is 0.944 bits per heavy atom. The van der Waals surface area contributed by atoms with Crippen LogP contribution in [0.4, 0.5) is 11.4 Å². The van der Waals surface area contributed by atoms with Crippen molar-refractivity contribution in [1.82, 2.24) is 0 Å². The SMILES string of the molecule is Cc1ccc2c(c1)Oc1ccc(C(C)C)cc1N2. The van der Waals surface area contributed by atoms with E-state index in [-0.39, 0.29) is 0 Å². The lowest BCUT2D eigenvalue weighted by Gasteiger charge is -2.23. The van der Waals surface area contributed by atoms with E-state index in [1.807, 2.05) is 6.07 Å². The number of aryl methyl sites for hydroxylation is 1. The molecule has 0 radical (unpaired) electrons. The average molecular weight is 239 g/mol. The van der Waals surface area contributed by atoms with Crippen molar-refractivity contribution in [2.24, 2.45) is 0 Å². The molecule has 1 N–H and O–H groups in total. The van der Waals surface area contributed by atoms with Crippen LogP contribution in [0.5, 0.6) is 11.5 Å². The highest BCUT2D eigenvalue weighted by atomic mass is 16.5. The Bertz CT molecular complexity index is 602. The fourth-order valence-electron chi connectivity index (χ4n) is 2.17. The molecule has 0 fully saturated rings. The third-order valence-corrected chi connectivity index (χ3v) is 3.30. The fourth-order valence-corrected chi connectivity index (χ4v) is 2.17. The van der Waals surface area contributed by atoms with Crippen LogP contribution in [0.15, 0.2) is 36.4 Å². The van der Waals surface area contributed by atoms with Crippen LogP contribution in [0.2, 0.25) is 0 Å². The summed E-state index contributed by atoms with van der Waals surface area (Å²) in [4.78, 5) is 0. The predicted molar refractivity (Wildman–Crippen MR) is 75.1 cm³/mol. The van der Waals surface area contributed by atoms with Crippen molar-refractivity contribution in [3.05, 3.63) is 47.5 Å². The first-order chi connectivity index (χ1) is 8.63. The van der Waals surface area contributed by atoms with Gasteiger partial charge in [-0.25, -0.2) is 0 Å². The molecule has 1 heterocycles. The number of ether oxygens (including phenoxy) is 1. The summed E-state index contributed by atoms with van der Waals surface area (Å²) in [5.74, 6) is 2.33. The zero-order valence-corrected chi connectivity index (χ0v) is 10.9. The summed E-state index contributed by atoms with van der Waals surface area (Å²) in [6.45, 7) is 6.46. The molecule has 1 aliphatic rings. The molecule has 0 spiro atoms. The van der Waals surface area contributed by atoms with Gasteiger partial charge in [0.2, 0.25) is 0 Å². The molecule has 0 saturated heterocycles. The molecule has 2 heteroatoms. The first-order valence-corrected chi connectivity index (χ1v) is 6.33. The van der Waals surface area contributed by atoms with Gasteiger partial charge in [-0.3, -0.25) is 0 Å². The molecule has 0 saturated carbocycles. The van der Waals surface area contributed by atoms with E-state index in [1.54, 1.807) is 0 Å². The van der Waals surface area contributed by atoms with Gasteiger partial charge in [0.15, 0.2) is 11.5 Å². The van der Waals surface area contributed by atoms with Crippen LogP contribution in [-0.2, 0) is 0 Å². The molecule has 0 aliphatic carbocycles. The third kappa shape index (κ3) is 1.84. The molecule has 2 aromatic carbocycles. The van der Waals surface area contributed by atoms with Gasteiger partial charge < -0.3 is 10.1 Å². The van der Waals surface area contributed by atoms with Gasteiger partial charge in [-0.15, -0.1) is 0 Å². The molecule has 0 atom stereocenters.